The van der Waals surface area contributed by atoms with Crippen LogP contribution in [0.1, 0.15) is 38.0 Å². The van der Waals surface area contributed by atoms with Crippen molar-refractivity contribution in [2.75, 3.05) is 19.6 Å². The minimum Gasteiger partial charge on any atom is -0.308 e. The van der Waals surface area contributed by atoms with Crippen molar-refractivity contribution in [3.05, 3.63) is 22.4 Å². The molecule has 19 heavy (non-hydrogen) atoms. The third kappa shape index (κ3) is 3.04. The minimum absolute atomic E-state index is 0.376. The number of piperazine rings is 1. The zero-order valence-corrected chi connectivity index (χ0v) is 13.0. The molecule has 2 aliphatic rings. The van der Waals surface area contributed by atoms with Crippen LogP contribution in [-0.2, 0) is 6.42 Å². The van der Waals surface area contributed by atoms with E-state index in [2.05, 4.69) is 41.6 Å². The topological polar surface area (TPSA) is 15.3 Å². The summed E-state index contributed by atoms with van der Waals surface area (Å²) in [6.45, 7) is 8.40. The predicted octanol–water partition coefficient (Wildman–Crippen LogP) is 3.14. The van der Waals surface area contributed by atoms with Gasteiger partial charge in [0.1, 0.15) is 0 Å². The van der Waals surface area contributed by atoms with Gasteiger partial charge in [-0.1, -0.05) is 13.0 Å². The third-order valence-corrected chi connectivity index (χ3v) is 5.90. The summed E-state index contributed by atoms with van der Waals surface area (Å²) >= 11 is 1.90. The lowest BCUT2D eigenvalue weighted by molar-refractivity contribution is 0.0741. The van der Waals surface area contributed by atoms with E-state index in [1.165, 1.54) is 50.2 Å². The second-order valence-corrected chi connectivity index (χ2v) is 7.47. The highest BCUT2D eigenvalue weighted by atomic mass is 32.1. The van der Waals surface area contributed by atoms with Crippen LogP contribution in [0.4, 0.5) is 0 Å². The van der Waals surface area contributed by atoms with Crippen molar-refractivity contribution in [3.63, 3.8) is 0 Å². The molecule has 1 aromatic rings. The molecule has 0 bridgehead atoms. The van der Waals surface area contributed by atoms with E-state index in [9.17, 15) is 0 Å². The summed E-state index contributed by atoms with van der Waals surface area (Å²) in [4.78, 5) is 4.27. The average Bonchev–Trinajstić information content (AvgIpc) is 3.15. The molecule has 0 aromatic carbocycles. The molecular weight excluding hydrogens is 252 g/mol. The Morgan fingerprint density at radius 3 is 2.95 bits per heavy atom. The highest BCUT2D eigenvalue weighted by Gasteiger charge is 2.45. The predicted molar refractivity (Wildman–Crippen MR) is 82.8 cm³/mol. The normalized spacial score (nSPS) is 32.6. The summed E-state index contributed by atoms with van der Waals surface area (Å²) in [5, 5.41) is 6.04. The van der Waals surface area contributed by atoms with Crippen molar-refractivity contribution in [3.8, 4) is 0 Å². The minimum atomic E-state index is 0.376. The maximum atomic E-state index is 3.84. The van der Waals surface area contributed by atoms with Gasteiger partial charge in [0.25, 0.3) is 0 Å². The lowest BCUT2D eigenvalue weighted by Gasteiger charge is -2.46. The number of thiophene rings is 1. The monoisotopic (exact) mass is 278 g/mol. The molecule has 3 rings (SSSR count). The van der Waals surface area contributed by atoms with E-state index in [4.69, 9.17) is 0 Å². The summed E-state index contributed by atoms with van der Waals surface area (Å²) in [7, 11) is 0. The molecule has 1 aliphatic carbocycles. The Bertz CT molecular complexity index is 399. The molecule has 1 saturated carbocycles. The molecule has 2 atom stereocenters. The van der Waals surface area contributed by atoms with Gasteiger partial charge in [-0.3, -0.25) is 4.90 Å². The molecule has 1 aromatic heterocycles. The fourth-order valence-corrected chi connectivity index (χ4v) is 4.15. The van der Waals surface area contributed by atoms with Gasteiger partial charge < -0.3 is 5.32 Å². The van der Waals surface area contributed by atoms with E-state index in [1.807, 2.05) is 11.3 Å². The van der Waals surface area contributed by atoms with Crippen LogP contribution in [0.5, 0.6) is 0 Å². The molecule has 2 nitrogen and oxygen atoms in total. The Hall–Kier alpha value is -0.380. The van der Waals surface area contributed by atoms with Crippen LogP contribution in [0.2, 0.25) is 0 Å². The third-order valence-electron chi connectivity index (χ3n) is 4.96. The van der Waals surface area contributed by atoms with E-state index >= 15 is 0 Å². The number of hydrogen-bond donors (Lipinski definition) is 1. The molecule has 1 saturated heterocycles. The van der Waals surface area contributed by atoms with E-state index in [-0.39, 0.29) is 0 Å². The largest absolute Gasteiger partial charge is 0.308 e. The van der Waals surface area contributed by atoms with Gasteiger partial charge in [-0.05, 0) is 50.0 Å². The summed E-state index contributed by atoms with van der Waals surface area (Å²) < 4.78 is 0. The molecule has 2 fully saturated rings. The molecule has 2 unspecified atom stereocenters. The first-order valence-electron chi connectivity index (χ1n) is 7.73. The van der Waals surface area contributed by atoms with Crippen molar-refractivity contribution >= 4 is 11.3 Å². The first kappa shape index (κ1) is 13.6. The molecule has 0 amide bonds. The first-order chi connectivity index (χ1) is 9.21. The fraction of sp³-hybridized carbons (Fsp3) is 0.750. The quantitative estimate of drug-likeness (QED) is 0.890. The Morgan fingerprint density at radius 2 is 2.32 bits per heavy atom. The van der Waals surface area contributed by atoms with Gasteiger partial charge in [0.2, 0.25) is 0 Å². The zero-order valence-electron chi connectivity index (χ0n) is 12.2. The van der Waals surface area contributed by atoms with Crippen molar-refractivity contribution < 1.29 is 0 Å². The van der Waals surface area contributed by atoms with Crippen molar-refractivity contribution in [2.24, 2.45) is 5.92 Å². The lowest BCUT2D eigenvalue weighted by Crippen LogP contribution is -2.64. The average molecular weight is 278 g/mol. The van der Waals surface area contributed by atoms with E-state index in [0.29, 0.717) is 5.54 Å². The second-order valence-electron chi connectivity index (χ2n) is 6.43. The van der Waals surface area contributed by atoms with Gasteiger partial charge >= 0.3 is 0 Å². The number of nitrogens with one attached hydrogen (secondary N) is 1. The highest BCUT2D eigenvalue weighted by molar-refractivity contribution is 7.09. The molecule has 0 spiro atoms. The standard InChI is InChI=1S/C16H26N2S/c1-3-14-11-17-16(2,13-6-7-13)12-18(14)9-8-15-5-4-10-19-15/h4-5,10,13-14,17H,3,6-9,11-12H2,1-2H3. The maximum absolute atomic E-state index is 3.84. The van der Waals surface area contributed by atoms with E-state index in [0.717, 1.165) is 12.0 Å². The van der Waals surface area contributed by atoms with Crippen LogP contribution in [0.25, 0.3) is 0 Å². The summed E-state index contributed by atoms with van der Waals surface area (Å²) in [5.74, 6) is 0.926. The van der Waals surface area contributed by atoms with Crippen molar-refractivity contribution in [1.82, 2.24) is 10.2 Å². The van der Waals surface area contributed by atoms with Crippen LogP contribution in [0, 0.1) is 5.92 Å². The Kier molecular flexibility index (Phi) is 3.97. The summed E-state index contributed by atoms with van der Waals surface area (Å²) in [6.07, 6.45) is 5.34. The van der Waals surface area contributed by atoms with Crippen molar-refractivity contribution in [1.29, 1.82) is 0 Å². The zero-order chi connectivity index (χ0) is 13.3. The molecular formula is C16H26N2S. The van der Waals surface area contributed by atoms with Gasteiger partial charge in [-0.15, -0.1) is 11.3 Å². The van der Waals surface area contributed by atoms with Crippen LogP contribution < -0.4 is 5.32 Å². The van der Waals surface area contributed by atoms with E-state index in [1.54, 1.807) is 0 Å². The maximum Gasteiger partial charge on any atom is 0.0309 e. The number of rotatable bonds is 5. The number of hydrogen-bond acceptors (Lipinski definition) is 3. The van der Waals surface area contributed by atoms with Crippen molar-refractivity contribution in [2.45, 2.75) is 51.1 Å². The highest BCUT2D eigenvalue weighted by Crippen LogP contribution is 2.41. The first-order valence-corrected chi connectivity index (χ1v) is 8.60. The van der Waals surface area contributed by atoms with Crippen LogP contribution in [0.3, 0.4) is 0 Å². The van der Waals surface area contributed by atoms with Gasteiger partial charge in [0.05, 0.1) is 0 Å². The molecule has 1 N–H and O–H groups in total. The molecule has 1 aliphatic heterocycles. The molecule has 106 valence electrons. The Morgan fingerprint density at radius 1 is 1.47 bits per heavy atom. The summed E-state index contributed by atoms with van der Waals surface area (Å²) in [5.41, 5.74) is 0.376. The van der Waals surface area contributed by atoms with Crippen LogP contribution in [0.15, 0.2) is 17.5 Å². The Balaban J connectivity index is 1.61. The SMILES string of the molecule is CCC1CNC(C)(C2CC2)CN1CCc1cccs1. The Labute approximate surface area is 121 Å². The smallest absolute Gasteiger partial charge is 0.0309 e. The van der Waals surface area contributed by atoms with Gasteiger partial charge in [-0.25, -0.2) is 0 Å². The fourth-order valence-electron chi connectivity index (χ4n) is 3.45. The van der Waals surface area contributed by atoms with Gasteiger partial charge in [-0.2, -0.15) is 0 Å². The number of nitrogens with zero attached hydrogens (tertiary/aromatic N) is 1. The molecule has 0 radical (unpaired) electrons. The van der Waals surface area contributed by atoms with Crippen LogP contribution in [-0.4, -0.2) is 36.1 Å². The lowest BCUT2D eigenvalue weighted by atomic mass is 9.90. The van der Waals surface area contributed by atoms with E-state index < -0.39 is 0 Å². The van der Waals surface area contributed by atoms with Gasteiger partial charge in [0.15, 0.2) is 0 Å². The second kappa shape index (κ2) is 5.55. The molecule has 3 heteroatoms. The van der Waals surface area contributed by atoms with Crippen LogP contribution >= 0.6 is 11.3 Å². The molecule has 2 heterocycles. The summed E-state index contributed by atoms with van der Waals surface area (Å²) in [6, 6.07) is 5.17. The van der Waals surface area contributed by atoms with Gasteiger partial charge in [0, 0.05) is 36.1 Å².